The van der Waals surface area contributed by atoms with Crippen LogP contribution in [0.1, 0.15) is 15.9 Å². The molecule has 2 heterocycles. The summed E-state index contributed by atoms with van der Waals surface area (Å²) in [7, 11) is 0. The summed E-state index contributed by atoms with van der Waals surface area (Å²) < 4.78 is 0. The predicted octanol–water partition coefficient (Wildman–Crippen LogP) is 4.30. The van der Waals surface area contributed by atoms with Gasteiger partial charge < -0.3 is 15.7 Å². The van der Waals surface area contributed by atoms with Crippen molar-refractivity contribution in [3.8, 4) is 0 Å². The molecule has 0 radical (unpaired) electrons. The number of carboxylic acid groups (broad SMARTS) is 1. The molecular weight excluding hydrogens is 386 g/mol. The highest BCUT2D eigenvalue weighted by atomic mass is 35.5. The van der Waals surface area contributed by atoms with E-state index >= 15 is 0 Å². The molecule has 0 unspecified atom stereocenters. The van der Waals surface area contributed by atoms with Crippen LogP contribution in [0.2, 0.25) is 5.02 Å². The number of rotatable bonds is 7. The molecule has 27 heavy (non-hydrogen) atoms. The van der Waals surface area contributed by atoms with Crippen molar-refractivity contribution in [1.82, 2.24) is 15.0 Å². The van der Waals surface area contributed by atoms with Gasteiger partial charge in [-0.25, -0.2) is 19.7 Å². The molecule has 138 valence electrons. The van der Waals surface area contributed by atoms with E-state index in [1.54, 1.807) is 12.1 Å². The molecule has 7 nitrogen and oxygen atoms in total. The van der Waals surface area contributed by atoms with E-state index in [4.69, 9.17) is 16.7 Å². The second-order valence-corrected chi connectivity index (χ2v) is 6.68. The fourth-order valence-electron chi connectivity index (χ4n) is 2.19. The van der Waals surface area contributed by atoms with Crippen LogP contribution in [0.15, 0.2) is 53.8 Å². The summed E-state index contributed by atoms with van der Waals surface area (Å²) in [6.07, 6.45) is 3.18. The number of carboxylic acids is 1. The highest BCUT2D eigenvalue weighted by Crippen LogP contribution is 2.21. The molecule has 9 heteroatoms. The van der Waals surface area contributed by atoms with Crippen LogP contribution < -0.4 is 10.6 Å². The Morgan fingerprint density at radius 3 is 2.48 bits per heavy atom. The van der Waals surface area contributed by atoms with Crippen molar-refractivity contribution in [2.24, 2.45) is 0 Å². The van der Waals surface area contributed by atoms with Crippen LogP contribution in [-0.4, -0.2) is 32.3 Å². The molecule has 2 aromatic heterocycles. The number of pyridine rings is 1. The van der Waals surface area contributed by atoms with Crippen LogP contribution >= 0.6 is 23.4 Å². The number of nitrogens with zero attached hydrogens (tertiary/aromatic N) is 3. The molecule has 0 bridgehead atoms. The predicted molar refractivity (Wildman–Crippen MR) is 107 cm³/mol. The quantitative estimate of drug-likeness (QED) is 0.398. The topological polar surface area (TPSA) is 100 Å². The van der Waals surface area contributed by atoms with E-state index in [0.29, 0.717) is 34.2 Å². The minimum Gasteiger partial charge on any atom is -0.478 e. The zero-order valence-corrected chi connectivity index (χ0v) is 15.9. The number of hydrogen-bond acceptors (Lipinski definition) is 7. The molecule has 0 spiro atoms. The first-order valence-corrected chi connectivity index (χ1v) is 9.51. The fourth-order valence-corrected chi connectivity index (χ4v) is 2.70. The minimum atomic E-state index is -1.02. The van der Waals surface area contributed by atoms with Crippen LogP contribution in [0.4, 0.5) is 17.5 Å². The van der Waals surface area contributed by atoms with Gasteiger partial charge in [-0.15, -0.1) is 0 Å². The molecule has 0 aliphatic rings. The van der Waals surface area contributed by atoms with E-state index in [2.05, 4.69) is 25.6 Å². The largest absolute Gasteiger partial charge is 0.478 e. The summed E-state index contributed by atoms with van der Waals surface area (Å²) in [5.74, 6) is 0.696. The van der Waals surface area contributed by atoms with Gasteiger partial charge in [-0.3, -0.25) is 0 Å². The Morgan fingerprint density at radius 2 is 1.85 bits per heavy atom. The van der Waals surface area contributed by atoms with Crippen molar-refractivity contribution in [1.29, 1.82) is 0 Å². The summed E-state index contributed by atoms with van der Waals surface area (Å²) >= 11 is 7.32. The molecule has 3 aromatic rings. The normalized spacial score (nSPS) is 10.4. The van der Waals surface area contributed by atoms with Crippen molar-refractivity contribution >= 4 is 46.8 Å². The van der Waals surface area contributed by atoms with Gasteiger partial charge in [0.2, 0.25) is 0 Å². The molecule has 0 fully saturated rings. The lowest BCUT2D eigenvalue weighted by Crippen LogP contribution is -2.05. The van der Waals surface area contributed by atoms with Crippen LogP contribution in [0, 0.1) is 0 Å². The number of anilines is 3. The van der Waals surface area contributed by atoms with E-state index in [9.17, 15) is 4.79 Å². The lowest BCUT2D eigenvalue weighted by atomic mass is 10.2. The van der Waals surface area contributed by atoms with E-state index in [1.807, 2.05) is 30.5 Å². The number of benzene rings is 1. The number of thioether (sulfide) groups is 1. The SMILES string of the molecule is CSc1nc(NCc2ccc(Cl)cc2)cc(Nc2ccc(C(=O)O)cn2)n1. The van der Waals surface area contributed by atoms with Gasteiger partial charge in [-0.2, -0.15) is 0 Å². The molecule has 0 aliphatic heterocycles. The van der Waals surface area contributed by atoms with E-state index in [-0.39, 0.29) is 5.56 Å². The maximum absolute atomic E-state index is 10.9. The molecule has 0 saturated heterocycles. The Bertz CT molecular complexity index is 935. The first-order chi connectivity index (χ1) is 13.0. The maximum Gasteiger partial charge on any atom is 0.337 e. The lowest BCUT2D eigenvalue weighted by molar-refractivity contribution is 0.0696. The highest BCUT2D eigenvalue weighted by Gasteiger charge is 2.07. The average Bonchev–Trinajstić information content (AvgIpc) is 2.68. The number of aromatic nitrogens is 3. The molecule has 0 aliphatic carbocycles. The van der Waals surface area contributed by atoms with Crippen LogP contribution in [0.3, 0.4) is 0 Å². The third kappa shape index (κ3) is 5.32. The van der Waals surface area contributed by atoms with Gasteiger partial charge in [-0.1, -0.05) is 35.5 Å². The second-order valence-electron chi connectivity index (χ2n) is 5.47. The Kier molecular flexibility index (Phi) is 6.10. The van der Waals surface area contributed by atoms with Gasteiger partial charge >= 0.3 is 5.97 Å². The summed E-state index contributed by atoms with van der Waals surface area (Å²) in [5.41, 5.74) is 1.20. The molecule has 1 aromatic carbocycles. The Hall–Kier alpha value is -2.84. The third-order valence-electron chi connectivity index (χ3n) is 3.54. The van der Waals surface area contributed by atoms with Gasteiger partial charge in [0, 0.05) is 23.8 Å². The zero-order valence-electron chi connectivity index (χ0n) is 14.3. The first-order valence-electron chi connectivity index (χ1n) is 7.91. The Labute approximate surface area is 165 Å². The average molecular weight is 402 g/mol. The van der Waals surface area contributed by atoms with Crippen molar-refractivity contribution < 1.29 is 9.90 Å². The summed E-state index contributed by atoms with van der Waals surface area (Å²) in [4.78, 5) is 23.8. The minimum absolute atomic E-state index is 0.123. The van der Waals surface area contributed by atoms with Crippen LogP contribution in [0.5, 0.6) is 0 Å². The van der Waals surface area contributed by atoms with Crippen molar-refractivity contribution in [2.45, 2.75) is 11.7 Å². The number of carbonyl (C=O) groups is 1. The van der Waals surface area contributed by atoms with E-state index in [1.165, 1.54) is 24.0 Å². The van der Waals surface area contributed by atoms with Crippen LogP contribution in [0.25, 0.3) is 0 Å². The fraction of sp³-hybridized carbons (Fsp3) is 0.111. The molecule has 0 saturated carbocycles. The first kappa shape index (κ1) is 18.9. The van der Waals surface area contributed by atoms with Gasteiger partial charge in [0.05, 0.1) is 5.56 Å². The molecule has 0 atom stereocenters. The number of hydrogen-bond donors (Lipinski definition) is 3. The third-order valence-corrected chi connectivity index (χ3v) is 4.34. The van der Waals surface area contributed by atoms with Crippen molar-refractivity contribution in [2.75, 3.05) is 16.9 Å². The number of nitrogens with one attached hydrogen (secondary N) is 2. The molecule has 0 amide bonds. The van der Waals surface area contributed by atoms with Gasteiger partial charge in [-0.05, 0) is 36.1 Å². The van der Waals surface area contributed by atoms with Gasteiger partial charge in [0.25, 0.3) is 0 Å². The van der Waals surface area contributed by atoms with Crippen molar-refractivity contribution in [3.05, 3.63) is 64.8 Å². The number of halogens is 1. The lowest BCUT2D eigenvalue weighted by Gasteiger charge is -2.10. The van der Waals surface area contributed by atoms with Gasteiger partial charge in [0.15, 0.2) is 5.16 Å². The van der Waals surface area contributed by atoms with Crippen LogP contribution in [-0.2, 0) is 6.54 Å². The summed E-state index contributed by atoms with van der Waals surface area (Å²) in [6, 6.07) is 12.4. The van der Waals surface area contributed by atoms with E-state index in [0.717, 1.165) is 5.56 Å². The standard InChI is InChI=1S/C18H16ClN5O2S/c1-27-18-23-15(20-9-11-2-5-13(19)6-3-11)8-16(24-18)22-14-7-4-12(10-21-14)17(25)26/h2-8,10H,9H2,1H3,(H,25,26)(H2,20,21,22,23,24). The highest BCUT2D eigenvalue weighted by molar-refractivity contribution is 7.98. The smallest absolute Gasteiger partial charge is 0.337 e. The maximum atomic E-state index is 10.9. The molecular formula is C18H16ClN5O2S. The zero-order chi connectivity index (χ0) is 19.2. The summed E-state index contributed by atoms with van der Waals surface area (Å²) in [5, 5.41) is 16.6. The Balaban J connectivity index is 1.74. The van der Waals surface area contributed by atoms with Crippen molar-refractivity contribution in [3.63, 3.8) is 0 Å². The van der Waals surface area contributed by atoms with Gasteiger partial charge in [0.1, 0.15) is 17.5 Å². The second kappa shape index (κ2) is 8.70. The Morgan fingerprint density at radius 1 is 1.11 bits per heavy atom. The number of aromatic carboxylic acids is 1. The molecule has 3 rings (SSSR count). The van der Waals surface area contributed by atoms with E-state index < -0.39 is 5.97 Å². The molecule has 3 N–H and O–H groups in total. The summed E-state index contributed by atoms with van der Waals surface area (Å²) in [6.45, 7) is 0.590. The monoisotopic (exact) mass is 401 g/mol.